The van der Waals surface area contributed by atoms with Gasteiger partial charge in [-0.05, 0) is 32.4 Å². The predicted molar refractivity (Wildman–Crippen MR) is 73.4 cm³/mol. The highest BCUT2D eigenvalue weighted by molar-refractivity contribution is 9.10. The standard InChI is InChI=1S/C12H16Br2FN/c1-12(2,5-6-13)16-8-9-3-4-10(14)7-11(9)15/h3-4,7,16H,5-6,8H2,1-2H3. The van der Waals surface area contributed by atoms with E-state index in [0.29, 0.717) is 12.1 Å². The van der Waals surface area contributed by atoms with Crippen molar-refractivity contribution in [3.05, 3.63) is 34.1 Å². The second kappa shape index (κ2) is 6.12. The Morgan fingerprint density at radius 2 is 2.06 bits per heavy atom. The van der Waals surface area contributed by atoms with Crippen LogP contribution in [0.25, 0.3) is 0 Å². The Labute approximate surface area is 113 Å². The van der Waals surface area contributed by atoms with E-state index >= 15 is 0 Å². The van der Waals surface area contributed by atoms with Crippen LogP contribution in [0.15, 0.2) is 22.7 Å². The van der Waals surface area contributed by atoms with Gasteiger partial charge in [0, 0.05) is 27.4 Å². The summed E-state index contributed by atoms with van der Waals surface area (Å²) in [6.07, 6.45) is 1.01. The number of benzene rings is 1. The number of nitrogens with one attached hydrogen (secondary N) is 1. The normalized spacial score (nSPS) is 11.8. The fourth-order valence-electron chi connectivity index (χ4n) is 1.32. The molecule has 16 heavy (non-hydrogen) atoms. The minimum absolute atomic E-state index is 0.0169. The molecule has 0 heterocycles. The second-order valence-electron chi connectivity index (χ2n) is 4.41. The molecule has 0 saturated heterocycles. The molecule has 90 valence electrons. The van der Waals surface area contributed by atoms with Gasteiger partial charge < -0.3 is 5.32 Å². The Hall–Kier alpha value is 0.0700. The van der Waals surface area contributed by atoms with E-state index in [2.05, 4.69) is 51.0 Å². The lowest BCUT2D eigenvalue weighted by molar-refractivity contribution is 0.374. The van der Waals surface area contributed by atoms with Gasteiger partial charge in [0.2, 0.25) is 0 Å². The first-order valence-electron chi connectivity index (χ1n) is 5.19. The SMILES string of the molecule is CC(C)(CCBr)NCc1ccc(Br)cc1F. The molecule has 0 fully saturated rings. The Balaban J connectivity index is 2.61. The zero-order chi connectivity index (χ0) is 12.2. The summed E-state index contributed by atoms with van der Waals surface area (Å²) in [6, 6.07) is 5.16. The van der Waals surface area contributed by atoms with Crippen LogP contribution in [0, 0.1) is 5.82 Å². The molecule has 1 aromatic carbocycles. The van der Waals surface area contributed by atoms with E-state index in [1.165, 1.54) is 6.07 Å². The summed E-state index contributed by atoms with van der Waals surface area (Å²) in [6.45, 7) is 4.79. The van der Waals surface area contributed by atoms with Crippen molar-refractivity contribution in [2.75, 3.05) is 5.33 Å². The lowest BCUT2D eigenvalue weighted by atomic mass is 10.0. The van der Waals surface area contributed by atoms with Crippen LogP contribution in [0.1, 0.15) is 25.8 Å². The van der Waals surface area contributed by atoms with E-state index in [9.17, 15) is 4.39 Å². The summed E-state index contributed by atoms with van der Waals surface area (Å²) >= 11 is 6.66. The van der Waals surface area contributed by atoms with Gasteiger partial charge in [-0.15, -0.1) is 0 Å². The van der Waals surface area contributed by atoms with Gasteiger partial charge in [-0.2, -0.15) is 0 Å². The summed E-state index contributed by atoms with van der Waals surface area (Å²) in [7, 11) is 0. The molecule has 0 aliphatic rings. The van der Waals surface area contributed by atoms with Gasteiger partial charge >= 0.3 is 0 Å². The molecule has 0 saturated carbocycles. The number of rotatable bonds is 5. The Kier molecular flexibility index (Phi) is 5.41. The first-order valence-corrected chi connectivity index (χ1v) is 7.11. The maximum atomic E-state index is 13.5. The fraction of sp³-hybridized carbons (Fsp3) is 0.500. The molecule has 1 nitrogen and oxygen atoms in total. The third kappa shape index (κ3) is 4.52. The lowest BCUT2D eigenvalue weighted by Gasteiger charge is -2.25. The highest BCUT2D eigenvalue weighted by Gasteiger charge is 2.16. The van der Waals surface area contributed by atoms with Gasteiger partial charge in [0.1, 0.15) is 5.82 Å². The number of alkyl halides is 1. The molecule has 0 amide bonds. The summed E-state index contributed by atoms with van der Waals surface area (Å²) in [5.74, 6) is -0.170. The second-order valence-corrected chi connectivity index (χ2v) is 6.12. The molecule has 0 spiro atoms. The van der Waals surface area contributed by atoms with Crippen LogP contribution in [0.5, 0.6) is 0 Å². The summed E-state index contributed by atoms with van der Waals surface area (Å²) in [5.41, 5.74) is 0.717. The third-order valence-corrected chi connectivity index (χ3v) is 3.38. The first kappa shape index (κ1) is 14.1. The smallest absolute Gasteiger partial charge is 0.128 e. The molecule has 0 atom stereocenters. The molecule has 4 heteroatoms. The van der Waals surface area contributed by atoms with Crippen molar-refractivity contribution in [1.82, 2.24) is 5.32 Å². The first-order chi connectivity index (χ1) is 7.44. The number of halogens is 3. The van der Waals surface area contributed by atoms with Crippen LogP contribution in [0.2, 0.25) is 0 Å². The molecule has 0 aliphatic carbocycles. The van der Waals surface area contributed by atoms with E-state index in [1.54, 1.807) is 6.07 Å². The van der Waals surface area contributed by atoms with Crippen molar-refractivity contribution in [3.8, 4) is 0 Å². The molecule has 0 aliphatic heterocycles. The Morgan fingerprint density at radius 1 is 1.38 bits per heavy atom. The predicted octanol–water partition coefficient (Wildman–Crippen LogP) is 4.24. The van der Waals surface area contributed by atoms with Gasteiger partial charge in [0.15, 0.2) is 0 Å². The maximum absolute atomic E-state index is 13.5. The Bertz CT molecular complexity index is 353. The minimum Gasteiger partial charge on any atom is -0.308 e. The van der Waals surface area contributed by atoms with Crippen LogP contribution >= 0.6 is 31.9 Å². The van der Waals surface area contributed by atoms with E-state index in [-0.39, 0.29) is 11.4 Å². The van der Waals surface area contributed by atoms with E-state index < -0.39 is 0 Å². The Morgan fingerprint density at radius 3 is 2.62 bits per heavy atom. The van der Waals surface area contributed by atoms with Gasteiger partial charge in [-0.25, -0.2) is 4.39 Å². The molecular formula is C12H16Br2FN. The summed E-state index contributed by atoms with van der Waals surface area (Å²) < 4.78 is 14.3. The largest absolute Gasteiger partial charge is 0.308 e. The fourth-order valence-corrected chi connectivity index (χ4v) is 2.65. The summed E-state index contributed by atoms with van der Waals surface area (Å²) in [4.78, 5) is 0. The van der Waals surface area contributed by atoms with Crippen LogP contribution in [-0.2, 0) is 6.54 Å². The zero-order valence-corrected chi connectivity index (χ0v) is 12.7. The van der Waals surface area contributed by atoms with Crippen molar-refractivity contribution in [3.63, 3.8) is 0 Å². The maximum Gasteiger partial charge on any atom is 0.128 e. The van der Waals surface area contributed by atoms with Crippen molar-refractivity contribution in [2.24, 2.45) is 0 Å². The van der Waals surface area contributed by atoms with Gasteiger partial charge in [0.25, 0.3) is 0 Å². The highest BCUT2D eigenvalue weighted by Crippen LogP contribution is 2.17. The number of hydrogen-bond donors (Lipinski definition) is 1. The van der Waals surface area contributed by atoms with Crippen molar-refractivity contribution in [2.45, 2.75) is 32.4 Å². The van der Waals surface area contributed by atoms with Crippen molar-refractivity contribution in [1.29, 1.82) is 0 Å². The average molecular weight is 353 g/mol. The molecule has 1 aromatic rings. The van der Waals surface area contributed by atoms with Crippen LogP contribution < -0.4 is 5.32 Å². The average Bonchev–Trinajstić information content (AvgIpc) is 2.16. The van der Waals surface area contributed by atoms with Crippen molar-refractivity contribution >= 4 is 31.9 Å². The quantitative estimate of drug-likeness (QED) is 0.781. The molecule has 0 radical (unpaired) electrons. The molecule has 1 rings (SSSR count). The van der Waals surface area contributed by atoms with E-state index in [0.717, 1.165) is 16.2 Å². The minimum atomic E-state index is -0.170. The molecule has 1 N–H and O–H groups in total. The molecule has 0 aromatic heterocycles. The third-order valence-electron chi connectivity index (χ3n) is 2.49. The van der Waals surface area contributed by atoms with Gasteiger partial charge in [0.05, 0.1) is 0 Å². The van der Waals surface area contributed by atoms with Crippen molar-refractivity contribution < 1.29 is 4.39 Å². The summed E-state index contributed by atoms with van der Waals surface area (Å²) in [5, 5.41) is 4.29. The number of hydrogen-bond acceptors (Lipinski definition) is 1. The van der Waals surface area contributed by atoms with Gasteiger partial charge in [-0.1, -0.05) is 37.9 Å². The monoisotopic (exact) mass is 351 g/mol. The zero-order valence-electron chi connectivity index (χ0n) is 9.49. The molecule has 0 bridgehead atoms. The molecular weight excluding hydrogens is 337 g/mol. The van der Waals surface area contributed by atoms with E-state index in [4.69, 9.17) is 0 Å². The van der Waals surface area contributed by atoms with Crippen LogP contribution in [0.4, 0.5) is 4.39 Å². The van der Waals surface area contributed by atoms with Gasteiger partial charge in [-0.3, -0.25) is 0 Å². The van der Waals surface area contributed by atoms with E-state index in [1.807, 2.05) is 6.07 Å². The van der Waals surface area contributed by atoms with Crippen LogP contribution in [0.3, 0.4) is 0 Å². The lowest BCUT2D eigenvalue weighted by Crippen LogP contribution is -2.39. The highest BCUT2D eigenvalue weighted by atomic mass is 79.9. The molecule has 0 unspecified atom stereocenters. The van der Waals surface area contributed by atoms with Crippen LogP contribution in [-0.4, -0.2) is 10.9 Å². The topological polar surface area (TPSA) is 12.0 Å².